The molecule has 0 saturated heterocycles. The van der Waals surface area contributed by atoms with Gasteiger partial charge in [-0.25, -0.2) is 0 Å². The number of amides is 1. The quantitative estimate of drug-likeness (QED) is 0.851. The maximum absolute atomic E-state index is 12.6. The second-order valence-corrected chi connectivity index (χ2v) is 5.68. The van der Waals surface area contributed by atoms with E-state index in [1.165, 1.54) is 21.3 Å². The summed E-state index contributed by atoms with van der Waals surface area (Å²) < 4.78 is 16.7. The minimum Gasteiger partial charge on any atom is -0.496 e. The number of ether oxygens (including phenoxy) is 3. The molecular formula is C17H18BrNO4. The molecule has 0 saturated carbocycles. The monoisotopic (exact) mass is 379 g/mol. The van der Waals surface area contributed by atoms with Gasteiger partial charge >= 0.3 is 0 Å². The van der Waals surface area contributed by atoms with Gasteiger partial charge in [-0.1, -0.05) is 15.9 Å². The SMILES string of the molecule is COc1cc(OC)c(C(=O)Nc2ccc(Br)c(C)c2)cc1OC. The molecule has 0 atom stereocenters. The zero-order valence-electron chi connectivity index (χ0n) is 13.4. The van der Waals surface area contributed by atoms with Gasteiger partial charge in [0.05, 0.1) is 26.9 Å². The van der Waals surface area contributed by atoms with Crippen LogP contribution in [-0.2, 0) is 0 Å². The summed E-state index contributed by atoms with van der Waals surface area (Å²) in [5.74, 6) is 1.09. The highest BCUT2D eigenvalue weighted by atomic mass is 79.9. The summed E-state index contributed by atoms with van der Waals surface area (Å²) in [6.45, 7) is 1.96. The lowest BCUT2D eigenvalue weighted by molar-refractivity contribution is 0.102. The van der Waals surface area contributed by atoms with Crippen molar-refractivity contribution in [3.63, 3.8) is 0 Å². The van der Waals surface area contributed by atoms with E-state index in [-0.39, 0.29) is 5.91 Å². The number of anilines is 1. The molecule has 1 amide bonds. The molecule has 0 aliphatic heterocycles. The topological polar surface area (TPSA) is 56.8 Å². The van der Waals surface area contributed by atoms with Crippen molar-refractivity contribution in [3.8, 4) is 17.2 Å². The second kappa shape index (κ2) is 7.37. The van der Waals surface area contributed by atoms with Crippen LogP contribution in [0.1, 0.15) is 15.9 Å². The van der Waals surface area contributed by atoms with E-state index in [0.29, 0.717) is 28.5 Å². The average molecular weight is 380 g/mol. The standard InChI is InChI=1S/C17H18BrNO4/c1-10-7-11(5-6-13(10)18)19-17(20)12-8-15(22-3)16(23-4)9-14(12)21-2/h5-9H,1-4H3,(H,19,20). The number of hydrogen-bond donors (Lipinski definition) is 1. The summed E-state index contributed by atoms with van der Waals surface area (Å²) in [6.07, 6.45) is 0. The van der Waals surface area contributed by atoms with Crippen LogP contribution in [0.3, 0.4) is 0 Å². The highest BCUT2D eigenvalue weighted by molar-refractivity contribution is 9.10. The molecule has 2 aromatic rings. The largest absolute Gasteiger partial charge is 0.496 e. The third-order valence-electron chi connectivity index (χ3n) is 3.37. The lowest BCUT2D eigenvalue weighted by Crippen LogP contribution is -2.13. The molecule has 0 unspecified atom stereocenters. The number of benzene rings is 2. The molecule has 2 rings (SSSR count). The summed E-state index contributed by atoms with van der Waals surface area (Å²) in [5, 5.41) is 2.85. The van der Waals surface area contributed by atoms with Crippen LogP contribution in [0.4, 0.5) is 5.69 Å². The van der Waals surface area contributed by atoms with Crippen LogP contribution in [0.2, 0.25) is 0 Å². The van der Waals surface area contributed by atoms with Gasteiger partial charge < -0.3 is 19.5 Å². The van der Waals surface area contributed by atoms with E-state index in [4.69, 9.17) is 14.2 Å². The average Bonchev–Trinajstić information content (AvgIpc) is 2.56. The Morgan fingerprint density at radius 1 is 0.957 bits per heavy atom. The van der Waals surface area contributed by atoms with Crippen LogP contribution in [0, 0.1) is 6.92 Å². The van der Waals surface area contributed by atoms with Gasteiger partial charge in [0.25, 0.3) is 5.91 Å². The molecule has 0 bridgehead atoms. The van der Waals surface area contributed by atoms with Crippen LogP contribution < -0.4 is 19.5 Å². The molecule has 0 aliphatic carbocycles. The first-order chi connectivity index (χ1) is 11.0. The van der Waals surface area contributed by atoms with Crippen molar-refractivity contribution >= 4 is 27.5 Å². The van der Waals surface area contributed by atoms with Gasteiger partial charge in [0.1, 0.15) is 5.75 Å². The maximum atomic E-state index is 12.6. The van der Waals surface area contributed by atoms with Crippen LogP contribution in [0.15, 0.2) is 34.8 Å². The Balaban J connectivity index is 2.35. The number of carbonyl (C=O) groups excluding carboxylic acids is 1. The number of rotatable bonds is 5. The first-order valence-electron chi connectivity index (χ1n) is 6.87. The minimum absolute atomic E-state index is 0.287. The smallest absolute Gasteiger partial charge is 0.259 e. The summed E-state index contributed by atoms with van der Waals surface area (Å²) in [5.41, 5.74) is 2.10. The third-order valence-corrected chi connectivity index (χ3v) is 4.26. The lowest BCUT2D eigenvalue weighted by atomic mass is 10.1. The summed E-state index contributed by atoms with van der Waals surface area (Å²) in [6, 6.07) is 8.81. The Bertz CT molecular complexity index is 731. The first-order valence-corrected chi connectivity index (χ1v) is 7.67. The zero-order valence-corrected chi connectivity index (χ0v) is 15.0. The summed E-state index contributed by atoms with van der Waals surface area (Å²) in [4.78, 5) is 12.6. The van der Waals surface area contributed by atoms with Crippen LogP contribution in [-0.4, -0.2) is 27.2 Å². The molecule has 0 aromatic heterocycles. The zero-order chi connectivity index (χ0) is 17.0. The maximum Gasteiger partial charge on any atom is 0.259 e. The Kier molecular flexibility index (Phi) is 5.50. The Morgan fingerprint density at radius 2 is 1.57 bits per heavy atom. The fourth-order valence-corrected chi connectivity index (χ4v) is 2.37. The van der Waals surface area contributed by atoms with Crippen LogP contribution in [0.5, 0.6) is 17.2 Å². The van der Waals surface area contributed by atoms with E-state index in [2.05, 4.69) is 21.2 Å². The molecule has 0 aliphatic rings. The fraction of sp³-hybridized carbons (Fsp3) is 0.235. The van der Waals surface area contributed by atoms with Crippen molar-refractivity contribution in [1.82, 2.24) is 0 Å². The molecule has 1 N–H and O–H groups in total. The van der Waals surface area contributed by atoms with E-state index in [1.807, 2.05) is 25.1 Å². The Hall–Kier alpha value is -2.21. The molecule has 0 heterocycles. The molecule has 0 fully saturated rings. The van der Waals surface area contributed by atoms with E-state index in [1.54, 1.807) is 12.1 Å². The number of carbonyl (C=O) groups is 1. The second-order valence-electron chi connectivity index (χ2n) is 4.83. The van der Waals surface area contributed by atoms with Gasteiger partial charge in [0.2, 0.25) is 0 Å². The van der Waals surface area contributed by atoms with Crippen molar-refractivity contribution in [2.24, 2.45) is 0 Å². The fourth-order valence-electron chi connectivity index (χ4n) is 2.13. The van der Waals surface area contributed by atoms with Crippen molar-refractivity contribution in [2.45, 2.75) is 6.92 Å². The van der Waals surface area contributed by atoms with E-state index >= 15 is 0 Å². The number of aryl methyl sites for hydroxylation is 1. The molecule has 5 nitrogen and oxygen atoms in total. The molecule has 6 heteroatoms. The van der Waals surface area contributed by atoms with E-state index in [0.717, 1.165) is 10.0 Å². The van der Waals surface area contributed by atoms with Crippen molar-refractivity contribution in [3.05, 3.63) is 45.9 Å². The lowest BCUT2D eigenvalue weighted by Gasteiger charge is -2.14. The van der Waals surface area contributed by atoms with Gasteiger partial charge in [-0.15, -0.1) is 0 Å². The molecule has 0 spiro atoms. The number of methoxy groups -OCH3 is 3. The van der Waals surface area contributed by atoms with Crippen LogP contribution in [0.25, 0.3) is 0 Å². The number of hydrogen-bond acceptors (Lipinski definition) is 4. The highest BCUT2D eigenvalue weighted by Gasteiger charge is 2.18. The van der Waals surface area contributed by atoms with Gasteiger partial charge in [-0.2, -0.15) is 0 Å². The normalized spacial score (nSPS) is 10.1. The third kappa shape index (κ3) is 3.76. The Labute approximate surface area is 143 Å². The predicted molar refractivity (Wildman–Crippen MR) is 92.9 cm³/mol. The van der Waals surface area contributed by atoms with E-state index in [9.17, 15) is 4.79 Å². The van der Waals surface area contributed by atoms with Crippen molar-refractivity contribution < 1.29 is 19.0 Å². The van der Waals surface area contributed by atoms with Gasteiger partial charge in [0, 0.05) is 22.3 Å². The minimum atomic E-state index is -0.287. The summed E-state index contributed by atoms with van der Waals surface area (Å²) in [7, 11) is 4.55. The first kappa shape index (κ1) is 17.1. The molecular weight excluding hydrogens is 362 g/mol. The van der Waals surface area contributed by atoms with Gasteiger partial charge in [-0.05, 0) is 30.7 Å². The summed E-state index contributed by atoms with van der Waals surface area (Å²) >= 11 is 3.43. The molecule has 23 heavy (non-hydrogen) atoms. The highest BCUT2D eigenvalue weighted by Crippen LogP contribution is 2.35. The van der Waals surface area contributed by atoms with E-state index < -0.39 is 0 Å². The predicted octanol–water partition coefficient (Wildman–Crippen LogP) is 4.04. The molecule has 2 aromatic carbocycles. The molecule has 122 valence electrons. The Morgan fingerprint density at radius 3 is 2.13 bits per heavy atom. The van der Waals surface area contributed by atoms with Crippen molar-refractivity contribution in [1.29, 1.82) is 0 Å². The van der Waals surface area contributed by atoms with Gasteiger partial charge in [-0.3, -0.25) is 4.79 Å². The van der Waals surface area contributed by atoms with Gasteiger partial charge in [0.15, 0.2) is 11.5 Å². The molecule has 0 radical (unpaired) electrons. The van der Waals surface area contributed by atoms with Crippen LogP contribution >= 0.6 is 15.9 Å². The number of halogens is 1. The number of nitrogens with one attached hydrogen (secondary N) is 1. The van der Waals surface area contributed by atoms with Crippen molar-refractivity contribution in [2.75, 3.05) is 26.6 Å².